The lowest BCUT2D eigenvalue weighted by Gasteiger charge is -2.16. The average molecular weight is 312 g/mol. The third-order valence-electron chi connectivity index (χ3n) is 2.98. The molecule has 0 saturated carbocycles. The van der Waals surface area contributed by atoms with E-state index in [1.165, 1.54) is 12.1 Å². The van der Waals surface area contributed by atoms with Crippen LogP contribution in [0.3, 0.4) is 0 Å². The van der Waals surface area contributed by atoms with Gasteiger partial charge in [-0.25, -0.2) is 0 Å². The van der Waals surface area contributed by atoms with Gasteiger partial charge in [0.2, 0.25) is 6.54 Å². The first-order valence-electron chi connectivity index (χ1n) is 5.83. The first-order chi connectivity index (χ1) is 9.49. The largest absolute Gasteiger partial charge is 0.508 e. The Morgan fingerprint density at radius 3 is 2.45 bits per heavy atom. The minimum absolute atomic E-state index is 0.00497. The monoisotopic (exact) mass is 311 g/mol. The lowest BCUT2D eigenvalue weighted by molar-refractivity contribution is -0.481. The molecule has 0 saturated heterocycles. The van der Waals surface area contributed by atoms with E-state index < -0.39 is 10.8 Å². The molecule has 20 heavy (non-hydrogen) atoms. The highest BCUT2D eigenvalue weighted by Crippen LogP contribution is 2.35. The molecule has 6 heteroatoms. The van der Waals surface area contributed by atoms with E-state index in [2.05, 4.69) is 0 Å². The van der Waals surface area contributed by atoms with Crippen molar-refractivity contribution in [1.82, 2.24) is 0 Å². The van der Waals surface area contributed by atoms with E-state index in [4.69, 9.17) is 23.2 Å². The summed E-state index contributed by atoms with van der Waals surface area (Å²) in [5.41, 5.74) is 1.03. The Kier molecular flexibility index (Phi) is 4.47. The highest BCUT2D eigenvalue weighted by molar-refractivity contribution is 6.35. The van der Waals surface area contributed by atoms with Crippen molar-refractivity contribution in [2.24, 2.45) is 0 Å². The van der Waals surface area contributed by atoms with Gasteiger partial charge < -0.3 is 5.11 Å². The predicted octanol–water partition coefficient (Wildman–Crippen LogP) is 4.11. The maximum Gasteiger partial charge on any atom is 0.214 e. The summed E-state index contributed by atoms with van der Waals surface area (Å²) in [7, 11) is 0. The van der Waals surface area contributed by atoms with E-state index in [1.54, 1.807) is 30.3 Å². The van der Waals surface area contributed by atoms with Gasteiger partial charge >= 0.3 is 0 Å². The molecule has 0 bridgehead atoms. The van der Waals surface area contributed by atoms with Crippen molar-refractivity contribution >= 4 is 23.2 Å². The van der Waals surface area contributed by atoms with Gasteiger partial charge in [-0.15, -0.1) is 0 Å². The summed E-state index contributed by atoms with van der Waals surface area (Å²) in [4.78, 5) is 10.5. The second-order valence-electron chi connectivity index (χ2n) is 4.29. The molecule has 104 valence electrons. The summed E-state index contributed by atoms with van der Waals surface area (Å²) in [6.45, 7) is -0.362. The Balaban J connectivity index is 2.53. The molecule has 1 atom stereocenters. The highest BCUT2D eigenvalue weighted by Gasteiger charge is 2.25. The van der Waals surface area contributed by atoms with Crippen molar-refractivity contribution in [1.29, 1.82) is 0 Å². The molecule has 0 amide bonds. The summed E-state index contributed by atoms with van der Waals surface area (Å²) in [6.07, 6.45) is 0. The number of nitro groups is 1. The van der Waals surface area contributed by atoms with Crippen LogP contribution in [-0.4, -0.2) is 16.6 Å². The molecular weight excluding hydrogens is 301 g/mol. The molecule has 0 heterocycles. The lowest BCUT2D eigenvalue weighted by Crippen LogP contribution is -2.14. The molecule has 2 aromatic carbocycles. The summed E-state index contributed by atoms with van der Waals surface area (Å²) < 4.78 is 0. The quantitative estimate of drug-likeness (QED) is 0.682. The fourth-order valence-electron chi connectivity index (χ4n) is 2.08. The fraction of sp³-hybridized carbons (Fsp3) is 0.143. The maximum atomic E-state index is 10.9. The third kappa shape index (κ3) is 3.21. The van der Waals surface area contributed by atoms with Gasteiger partial charge in [-0.05, 0) is 23.8 Å². The molecule has 0 aliphatic carbocycles. The number of hydrogen-bond donors (Lipinski definition) is 1. The van der Waals surface area contributed by atoms with Gasteiger partial charge in [0.1, 0.15) is 5.75 Å². The van der Waals surface area contributed by atoms with Gasteiger partial charge in [-0.1, -0.05) is 47.5 Å². The van der Waals surface area contributed by atoms with E-state index in [-0.39, 0.29) is 12.3 Å². The average Bonchev–Trinajstić information content (AvgIpc) is 2.37. The number of phenols is 1. The summed E-state index contributed by atoms with van der Waals surface area (Å²) in [5, 5.41) is 21.6. The van der Waals surface area contributed by atoms with Crippen LogP contribution in [0.5, 0.6) is 5.75 Å². The molecule has 1 unspecified atom stereocenters. The van der Waals surface area contributed by atoms with E-state index >= 15 is 0 Å². The van der Waals surface area contributed by atoms with Crippen molar-refractivity contribution in [2.45, 2.75) is 5.92 Å². The highest BCUT2D eigenvalue weighted by atomic mass is 35.5. The molecule has 0 aromatic heterocycles. The minimum atomic E-state index is -0.629. The van der Waals surface area contributed by atoms with Crippen LogP contribution in [0.1, 0.15) is 17.0 Å². The van der Waals surface area contributed by atoms with Crippen molar-refractivity contribution in [3.8, 4) is 5.75 Å². The number of halogens is 2. The maximum absolute atomic E-state index is 10.9. The Bertz CT molecular complexity index is 646. The molecule has 4 nitrogen and oxygen atoms in total. The number of para-hydroxylation sites is 1. The Hall–Kier alpha value is -1.78. The van der Waals surface area contributed by atoms with Crippen LogP contribution in [-0.2, 0) is 0 Å². The molecule has 0 aliphatic rings. The fourth-order valence-corrected chi connectivity index (χ4v) is 2.62. The summed E-state index contributed by atoms with van der Waals surface area (Å²) in [6, 6.07) is 11.3. The SMILES string of the molecule is O=[N+]([O-])CC(c1ccccc1O)c1ccc(Cl)cc1Cl. The predicted molar refractivity (Wildman–Crippen MR) is 78.3 cm³/mol. The number of phenolic OH excluding ortho intramolecular Hbond substituents is 1. The van der Waals surface area contributed by atoms with E-state index in [1.807, 2.05) is 0 Å². The topological polar surface area (TPSA) is 63.4 Å². The van der Waals surface area contributed by atoms with Crippen molar-refractivity contribution in [2.75, 3.05) is 6.54 Å². The van der Waals surface area contributed by atoms with Gasteiger partial charge in [-0.2, -0.15) is 0 Å². The zero-order valence-corrected chi connectivity index (χ0v) is 11.8. The Labute approximate surface area is 125 Å². The zero-order chi connectivity index (χ0) is 14.7. The van der Waals surface area contributed by atoms with Gasteiger partial charge in [0.05, 0.1) is 5.92 Å². The Morgan fingerprint density at radius 2 is 1.85 bits per heavy atom. The molecule has 2 aromatic rings. The van der Waals surface area contributed by atoms with Crippen molar-refractivity contribution < 1.29 is 10.0 Å². The summed E-state index contributed by atoms with van der Waals surface area (Å²) >= 11 is 12.0. The van der Waals surface area contributed by atoms with Crippen LogP contribution < -0.4 is 0 Å². The molecule has 0 spiro atoms. The number of nitrogens with zero attached hydrogens (tertiary/aromatic N) is 1. The minimum Gasteiger partial charge on any atom is -0.508 e. The van der Waals surface area contributed by atoms with Crippen molar-refractivity contribution in [3.63, 3.8) is 0 Å². The molecule has 0 aliphatic heterocycles. The zero-order valence-electron chi connectivity index (χ0n) is 10.3. The van der Waals surface area contributed by atoms with Gasteiger partial charge in [-0.3, -0.25) is 10.1 Å². The summed E-state index contributed by atoms with van der Waals surface area (Å²) in [5.74, 6) is -0.624. The van der Waals surface area contributed by atoms with Gasteiger partial charge in [0.25, 0.3) is 0 Å². The van der Waals surface area contributed by atoms with E-state index in [0.29, 0.717) is 21.2 Å². The van der Waals surface area contributed by atoms with Gasteiger partial charge in [0, 0.05) is 20.5 Å². The smallest absolute Gasteiger partial charge is 0.214 e. The first-order valence-corrected chi connectivity index (χ1v) is 6.59. The van der Waals surface area contributed by atoms with Crippen LogP contribution >= 0.6 is 23.2 Å². The third-order valence-corrected chi connectivity index (χ3v) is 3.54. The van der Waals surface area contributed by atoms with Gasteiger partial charge in [0.15, 0.2) is 0 Å². The van der Waals surface area contributed by atoms with Crippen molar-refractivity contribution in [3.05, 3.63) is 73.8 Å². The van der Waals surface area contributed by atoms with Crippen LogP contribution in [0.15, 0.2) is 42.5 Å². The molecule has 1 N–H and O–H groups in total. The molecule has 0 radical (unpaired) electrons. The standard InChI is InChI=1S/C14H11Cl2NO3/c15-9-5-6-10(13(16)7-9)12(8-17(19)20)11-3-1-2-4-14(11)18/h1-7,12,18H,8H2. The molecule has 0 fully saturated rings. The number of rotatable bonds is 4. The normalized spacial score (nSPS) is 12.1. The molecular formula is C14H11Cl2NO3. The number of benzene rings is 2. The van der Waals surface area contributed by atoms with Crippen LogP contribution in [0.25, 0.3) is 0 Å². The van der Waals surface area contributed by atoms with E-state index in [9.17, 15) is 15.2 Å². The van der Waals surface area contributed by atoms with Crippen LogP contribution in [0.4, 0.5) is 0 Å². The second kappa shape index (κ2) is 6.11. The van der Waals surface area contributed by atoms with Crippen LogP contribution in [0.2, 0.25) is 10.0 Å². The number of aromatic hydroxyl groups is 1. The van der Waals surface area contributed by atoms with E-state index in [0.717, 1.165) is 0 Å². The Morgan fingerprint density at radius 1 is 1.15 bits per heavy atom. The van der Waals surface area contributed by atoms with Crippen LogP contribution in [0, 0.1) is 10.1 Å². The second-order valence-corrected chi connectivity index (χ2v) is 5.14. The molecule has 2 rings (SSSR count). The number of hydrogen-bond acceptors (Lipinski definition) is 3. The lowest BCUT2D eigenvalue weighted by atomic mass is 9.90. The first kappa shape index (κ1) is 14.6.